The first-order chi connectivity index (χ1) is 10.3. The Morgan fingerprint density at radius 1 is 1.23 bits per heavy atom. The number of rotatable bonds is 7. The fourth-order valence-electron chi connectivity index (χ4n) is 1.85. The van der Waals surface area contributed by atoms with Crippen molar-refractivity contribution in [1.82, 2.24) is 4.90 Å². The van der Waals surface area contributed by atoms with Gasteiger partial charge in [-0.2, -0.15) is 0 Å². The predicted molar refractivity (Wildman–Crippen MR) is 80.2 cm³/mol. The van der Waals surface area contributed by atoms with Crippen molar-refractivity contribution in [3.8, 4) is 0 Å². The van der Waals surface area contributed by atoms with E-state index in [1.54, 1.807) is 19.1 Å². The molecule has 8 heteroatoms. The third-order valence-electron chi connectivity index (χ3n) is 3.09. The predicted octanol–water partition coefficient (Wildman–Crippen LogP) is 0.636. The molecule has 22 heavy (non-hydrogen) atoms. The van der Waals surface area contributed by atoms with Crippen LogP contribution < -0.4 is 5.14 Å². The van der Waals surface area contributed by atoms with Gasteiger partial charge in [0.05, 0.1) is 18.4 Å². The Kier molecular flexibility index (Phi) is 6.51. The second-order valence-corrected chi connectivity index (χ2v) is 6.25. The maximum Gasteiger partial charge on any atom is 0.307 e. The van der Waals surface area contributed by atoms with Crippen LogP contribution in [0, 0.1) is 0 Å². The van der Waals surface area contributed by atoms with Gasteiger partial charge >= 0.3 is 5.97 Å². The summed E-state index contributed by atoms with van der Waals surface area (Å²) in [4.78, 5) is 24.6. The highest BCUT2D eigenvalue weighted by Crippen LogP contribution is 2.12. The number of sulfonamides is 1. The summed E-state index contributed by atoms with van der Waals surface area (Å²) in [5.41, 5.74) is 0.749. The van der Waals surface area contributed by atoms with Gasteiger partial charge in [-0.25, -0.2) is 13.6 Å². The van der Waals surface area contributed by atoms with Crippen molar-refractivity contribution in [3.05, 3.63) is 29.8 Å². The fourth-order valence-corrected chi connectivity index (χ4v) is 2.36. The summed E-state index contributed by atoms with van der Waals surface area (Å²) in [5, 5.41) is 5.03. The van der Waals surface area contributed by atoms with Crippen molar-refractivity contribution in [2.24, 2.45) is 5.14 Å². The molecule has 122 valence electrons. The zero-order valence-corrected chi connectivity index (χ0v) is 13.4. The third kappa shape index (κ3) is 5.45. The van der Waals surface area contributed by atoms with Gasteiger partial charge in [-0.1, -0.05) is 19.1 Å². The number of hydrogen-bond donors (Lipinski definition) is 1. The summed E-state index contributed by atoms with van der Waals surface area (Å²) in [6, 6.07) is 5.96. The quantitative estimate of drug-likeness (QED) is 0.739. The Hall–Kier alpha value is -1.93. The van der Waals surface area contributed by atoms with E-state index in [0.29, 0.717) is 6.42 Å². The molecule has 1 aromatic rings. The van der Waals surface area contributed by atoms with Crippen LogP contribution in [-0.2, 0) is 30.9 Å². The Morgan fingerprint density at radius 2 is 1.82 bits per heavy atom. The van der Waals surface area contributed by atoms with Gasteiger partial charge in [0, 0.05) is 19.5 Å². The number of hydrogen-bond acceptors (Lipinski definition) is 5. The van der Waals surface area contributed by atoms with Gasteiger partial charge < -0.3 is 9.64 Å². The van der Waals surface area contributed by atoms with Crippen molar-refractivity contribution in [1.29, 1.82) is 0 Å². The van der Waals surface area contributed by atoms with Crippen LogP contribution in [0.25, 0.3) is 0 Å². The number of ether oxygens (including phenoxy) is 1. The number of esters is 1. The van der Waals surface area contributed by atoms with E-state index in [4.69, 9.17) is 5.14 Å². The SMILES string of the molecule is CCC(=O)N(CCC(=O)OC)Cc1ccc(S(N)(=O)=O)cc1. The Balaban J connectivity index is 2.81. The molecule has 0 aliphatic rings. The zero-order valence-electron chi connectivity index (χ0n) is 12.6. The molecule has 0 heterocycles. The lowest BCUT2D eigenvalue weighted by molar-refractivity contribution is -0.141. The first kappa shape index (κ1) is 18.1. The molecule has 2 N–H and O–H groups in total. The number of nitrogens with zero attached hydrogens (tertiary/aromatic N) is 1. The number of carbonyl (C=O) groups excluding carboxylic acids is 2. The van der Waals surface area contributed by atoms with Crippen LogP contribution in [-0.4, -0.2) is 38.8 Å². The fraction of sp³-hybridized carbons (Fsp3) is 0.429. The molecule has 0 aliphatic heterocycles. The summed E-state index contributed by atoms with van der Waals surface area (Å²) >= 11 is 0. The van der Waals surface area contributed by atoms with Gasteiger partial charge in [0.2, 0.25) is 15.9 Å². The molecule has 1 aromatic carbocycles. The lowest BCUT2D eigenvalue weighted by Crippen LogP contribution is -2.32. The van der Waals surface area contributed by atoms with Crippen LogP contribution in [0.3, 0.4) is 0 Å². The minimum absolute atomic E-state index is 0.0131. The lowest BCUT2D eigenvalue weighted by Gasteiger charge is -2.22. The molecule has 0 unspecified atom stereocenters. The number of nitrogens with two attached hydrogens (primary N) is 1. The molecule has 0 atom stereocenters. The first-order valence-electron chi connectivity index (χ1n) is 6.74. The molecule has 0 saturated heterocycles. The number of primary sulfonamides is 1. The Morgan fingerprint density at radius 3 is 2.27 bits per heavy atom. The zero-order chi connectivity index (χ0) is 16.8. The van der Waals surface area contributed by atoms with E-state index in [-0.39, 0.29) is 30.3 Å². The highest BCUT2D eigenvalue weighted by molar-refractivity contribution is 7.89. The smallest absolute Gasteiger partial charge is 0.307 e. The molecular weight excluding hydrogens is 308 g/mol. The van der Waals surface area contributed by atoms with E-state index in [0.717, 1.165) is 5.56 Å². The third-order valence-corrected chi connectivity index (χ3v) is 4.02. The van der Waals surface area contributed by atoms with E-state index < -0.39 is 16.0 Å². The van der Waals surface area contributed by atoms with Crippen molar-refractivity contribution in [3.63, 3.8) is 0 Å². The van der Waals surface area contributed by atoms with E-state index >= 15 is 0 Å². The minimum atomic E-state index is -3.74. The maximum atomic E-state index is 11.9. The van der Waals surface area contributed by atoms with Crippen molar-refractivity contribution in [2.45, 2.75) is 31.2 Å². The molecule has 0 aliphatic carbocycles. The van der Waals surface area contributed by atoms with Gasteiger partial charge in [0.25, 0.3) is 0 Å². The molecule has 7 nitrogen and oxygen atoms in total. The van der Waals surface area contributed by atoms with Crippen LogP contribution in [0.5, 0.6) is 0 Å². The monoisotopic (exact) mass is 328 g/mol. The van der Waals surface area contributed by atoms with Crippen molar-refractivity contribution in [2.75, 3.05) is 13.7 Å². The molecule has 0 bridgehead atoms. The van der Waals surface area contributed by atoms with Gasteiger partial charge in [-0.05, 0) is 17.7 Å². The van der Waals surface area contributed by atoms with E-state index in [1.165, 1.54) is 24.1 Å². The second kappa shape index (κ2) is 7.90. The molecule has 0 radical (unpaired) electrons. The highest BCUT2D eigenvalue weighted by Gasteiger charge is 2.15. The largest absolute Gasteiger partial charge is 0.469 e. The normalized spacial score (nSPS) is 11.0. The average Bonchev–Trinajstić information content (AvgIpc) is 2.49. The summed E-state index contributed by atoms with van der Waals surface area (Å²) in [7, 11) is -2.44. The van der Waals surface area contributed by atoms with Crippen LogP contribution in [0.4, 0.5) is 0 Å². The van der Waals surface area contributed by atoms with E-state index in [2.05, 4.69) is 4.74 Å². The molecule has 1 rings (SSSR count). The first-order valence-corrected chi connectivity index (χ1v) is 8.29. The van der Waals surface area contributed by atoms with E-state index in [9.17, 15) is 18.0 Å². The summed E-state index contributed by atoms with van der Waals surface area (Å²) in [6.07, 6.45) is 0.425. The van der Waals surface area contributed by atoms with Crippen molar-refractivity contribution >= 4 is 21.9 Å². The van der Waals surface area contributed by atoms with Gasteiger partial charge in [0.15, 0.2) is 0 Å². The van der Waals surface area contributed by atoms with Crippen LogP contribution in [0.1, 0.15) is 25.3 Å². The molecule has 0 fully saturated rings. The van der Waals surface area contributed by atoms with Crippen molar-refractivity contribution < 1.29 is 22.7 Å². The number of amides is 1. The molecular formula is C14H20N2O5S. The van der Waals surface area contributed by atoms with Crippen LogP contribution >= 0.6 is 0 Å². The van der Waals surface area contributed by atoms with E-state index in [1.807, 2.05) is 0 Å². The van der Waals surface area contributed by atoms with Gasteiger partial charge in [-0.3, -0.25) is 9.59 Å². The molecule has 0 spiro atoms. The topological polar surface area (TPSA) is 107 Å². The highest BCUT2D eigenvalue weighted by atomic mass is 32.2. The number of benzene rings is 1. The van der Waals surface area contributed by atoms with Crippen LogP contribution in [0.2, 0.25) is 0 Å². The molecule has 1 amide bonds. The summed E-state index contributed by atoms with van der Waals surface area (Å²) < 4.78 is 26.9. The summed E-state index contributed by atoms with van der Waals surface area (Å²) in [5.74, 6) is -0.488. The summed E-state index contributed by atoms with van der Waals surface area (Å²) in [6.45, 7) is 2.27. The minimum Gasteiger partial charge on any atom is -0.469 e. The molecule has 0 aromatic heterocycles. The number of carbonyl (C=O) groups is 2. The maximum absolute atomic E-state index is 11.9. The average molecular weight is 328 g/mol. The number of methoxy groups -OCH3 is 1. The van der Waals surface area contributed by atoms with Gasteiger partial charge in [-0.15, -0.1) is 0 Å². The standard InChI is InChI=1S/C14H20N2O5S/c1-3-13(17)16(9-8-14(18)21-2)10-11-4-6-12(7-5-11)22(15,19)20/h4-7H,3,8-10H2,1-2H3,(H2,15,19,20). The Bertz CT molecular complexity index is 625. The molecule has 0 saturated carbocycles. The Labute approximate surface area is 130 Å². The van der Waals surface area contributed by atoms with Gasteiger partial charge in [0.1, 0.15) is 0 Å². The lowest BCUT2D eigenvalue weighted by atomic mass is 10.2. The second-order valence-electron chi connectivity index (χ2n) is 4.68. The van der Waals surface area contributed by atoms with Crippen LogP contribution in [0.15, 0.2) is 29.2 Å².